The lowest BCUT2D eigenvalue weighted by atomic mass is 10.0. The monoisotopic (exact) mass is 346 g/mol. The Hall–Kier alpha value is -1.94. The maximum Gasteiger partial charge on any atom is 0.202 e. The molecule has 0 amide bonds. The maximum atomic E-state index is 13.3. The van der Waals surface area contributed by atoms with Gasteiger partial charge in [-0.2, -0.15) is 0 Å². The molecule has 0 unspecified atom stereocenters. The van der Waals surface area contributed by atoms with E-state index < -0.39 is 0 Å². The van der Waals surface area contributed by atoms with Crippen molar-refractivity contribution >= 4 is 32.7 Å². The first kappa shape index (κ1) is 14.0. The normalized spacial score (nSPS) is 11.0. The summed E-state index contributed by atoms with van der Waals surface area (Å²) in [4.78, 5) is 12.4. The van der Waals surface area contributed by atoms with Crippen LogP contribution in [-0.2, 0) is 6.42 Å². The van der Waals surface area contributed by atoms with Crippen molar-refractivity contribution in [3.05, 3.63) is 69.6 Å². The lowest BCUT2D eigenvalue weighted by Gasteiger charge is -2.00. The van der Waals surface area contributed by atoms with Gasteiger partial charge in [0.2, 0.25) is 5.78 Å². The van der Waals surface area contributed by atoms with E-state index in [0.29, 0.717) is 22.3 Å². The molecule has 2 aromatic carbocycles. The molecular formula is C17H12BrFO2. The first-order chi connectivity index (χ1) is 10.0. The van der Waals surface area contributed by atoms with E-state index in [1.807, 2.05) is 24.3 Å². The summed E-state index contributed by atoms with van der Waals surface area (Å²) in [6.45, 7) is 1.78. The average Bonchev–Trinajstić information content (AvgIpc) is 2.79. The molecule has 0 atom stereocenters. The molecule has 0 bridgehead atoms. The Morgan fingerprint density at radius 3 is 2.62 bits per heavy atom. The summed E-state index contributed by atoms with van der Waals surface area (Å²) in [5, 5.41) is 0.647. The zero-order valence-corrected chi connectivity index (χ0v) is 12.9. The predicted molar refractivity (Wildman–Crippen MR) is 83.1 cm³/mol. The molecule has 1 aromatic heterocycles. The van der Waals surface area contributed by atoms with Gasteiger partial charge in [0.25, 0.3) is 0 Å². The number of aryl methyl sites for hydroxylation is 1. The molecule has 0 saturated carbocycles. The first-order valence-electron chi connectivity index (χ1n) is 6.51. The van der Waals surface area contributed by atoms with Crippen molar-refractivity contribution < 1.29 is 13.6 Å². The van der Waals surface area contributed by atoms with Crippen LogP contribution in [0.25, 0.3) is 11.0 Å². The van der Waals surface area contributed by atoms with Crippen LogP contribution in [0, 0.1) is 12.7 Å². The minimum absolute atomic E-state index is 0.105. The molecule has 0 aliphatic carbocycles. The Morgan fingerprint density at radius 2 is 1.90 bits per heavy atom. The van der Waals surface area contributed by atoms with E-state index in [2.05, 4.69) is 15.9 Å². The third-order valence-corrected chi connectivity index (χ3v) is 3.96. The molecule has 2 nitrogen and oxygen atoms in total. The van der Waals surface area contributed by atoms with Gasteiger partial charge < -0.3 is 4.42 Å². The van der Waals surface area contributed by atoms with Crippen LogP contribution in [0.5, 0.6) is 0 Å². The van der Waals surface area contributed by atoms with Gasteiger partial charge in [-0.3, -0.25) is 4.79 Å². The summed E-state index contributed by atoms with van der Waals surface area (Å²) < 4.78 is 19.8. The van der Waals surface area contributed by atoms with Crippen LogP contribution in [0.3, 0.4) is 0 Å². The summed E-state index contributed by atoms with van der Waals surface area (Å²) in [5.74, 6) is -0.136. The van der Waals surface area contributed by atoms with Crippen molar-refractivity contribution in [3.8, 4) is 0 Å². The van der Waals surface area contributed by atoms with E-state index in [9.17, 15) is 9.18 Å². The number of fused-ring (bicyclic) bond motifs is 1. The summed E-state index contributed by atoms with van der Waals surface area (Å²) in [6.07, 6.45) is 0.260. The van der Waals surface area contributed by atoms with Crippen LogP contribution in [0.15, 0.2) is 51.4 Å². The largest absolute Gasteiger partial charge is 0.453 e. The molecule has 0 spiro atoms. The molecular weight excluding hydrogens is 335 g/mol. The number of ketones is 1. The van der Waals surface area contributed by atoms with Gasteiger partial charge in [-0.1, -0.05) is 28.1 Å². The Kier molecular flexibility index (Phi) is 3.64. The zero-order valence-electron chi connectivity index (χ0n) is 11.3. The molecule has 0 aliphatic heterocycles. The van der Waals surface area contributed by atoms with Crippen LogP contribution >= 0.6 is 15.9 Å². The van der Waals surface area contributed by atoms with Crippen LogP contribution in [0.4, 0.5) is 4.39 Å². The number of benzene rings is 2. The zero-order chi connectivity index (χ0) is 15.0. The molecule has 106 valence electrons. The Labute approximate surface area is 129 Å². The van der Waals surface area contributed by atoms with E-state index in [-0.39, 0.29) is 18.0 Å². The van der Waals surface area contributed by atoms with E-state index >= 15 is 0 Å². The minimum Gasteiger partial charge on any atom is -0.453 e. The molecule has 0 aliphatic rings. The Balaban J connectivity index is 1.94. The quantitative estimate of drug-likeness (QED) is 0.620. The van der Waals surface area contributed by atoms with E-state index in [1.165, 1.54) is 12.1 Å². The van der Waals surface area contributed by atoms with Gasteiger partial charge in [0, 0.05) is 21.8 Å². The van der Waals surface area contributed by atoms with Gasteiger partial charge in [-0.25, -0.2) is 4.39 Å². The van der Waals surface area contributed by atoms with Gasteiger partial charge in [0.05, 0.1) is 0 Å². The third kappa shape index (κ3) is 2.76. The van der Waals surface area contributed by atoms with Crippen LogP contribution in [0.2, 0.25) is 0 Å². The third-order valence-electron chi connectivity index (χ3n) is 3.43. The minimum atomic E-state index is -0.335. The van der Waals surface area contributed by atoms with Gasteiger partial charge in [0.1, 0.15) is 11.4 Å². The molecule has 0 fully saturated rings. The van der Waals surface area contributed by atoms with Crippen molar-refractivity contribution in [2.24, 2.45) is 0 Å². The highest BCUT2D eigenvalue weighted by Crippen LogP contribution is 2.27. The Morgan fingerprint density at radius 1 is 1.19 bits per heavy atom. The topological polar surface area (TPSA) is 30.2 Å². The molecule has 4 heteroatoms. The smallest absolute Gasteiger partial charge is 0.202 e. The molecule has 0 radical (unpaired) electrons. The standard InChI is InChI=1S/C17H12BrFO2/c1-10-14-9-13(19)6-7-16(14)21-17(10)15(20)8-11-2-4-12(18)5-3-11/h2-7,9H,8H2,1H3. The molecule has 0 saturated heterocycles. The number of halogens is 2. The summed E-state index contributed by atoms with van der Waals surface area (Å²) in [7, 11) is 0. The summed E-state index contributed by atoms with van der Waals surface area (Å²) in [5.41, 5.74) is 2.13. The predicted octanol–water partition coefficient (Wildman–Crippen LogP) is 5.07. The lowest BCUT2D eigenvalue weighted by molar-refractivity contribution is 0.0967. The number of rotatable bonds is 3. The molecule has 21 heavy (non-hydrogen) atoms. The second-order valence-electron chi connectivity index (χ2n) is 4.92. The van der Waals surface area contributed by atoms with Crippen molar-refractivity contribution in [2.45, 2.75) is 13.3 Å². The van der Waals surface area contributed by atoms with E-state index in [4.69, 9.17) is 4.42 Å². The van der Waals surface area contributed by atoms with Gasteiger partial charge in [0.15, 0.2) is 5.76 Å². The van der Waals surface area contributed by atoms with Crippen molar-refractivity contribution in [2.75, 3.05) is 0 Å². The van der Waals surface area contributed by atoms with Crippen molar-refractivity contribution in [1.82, 2.24) is 0 Å². The molecule has 0 N–H and O–H groups in total. The van der Waals surface area contributed by atoms with Crippen LogP contribution in [-0.4, -0.2) is 5.78 Å². The van der Waals surface area contributed by atoms with Crippen molar-refractivity contribution in [3.63, 3.8) is 0 Å². The SMILES string of the molecule is Cc1c(C(=O)Cc2ccc(Br)cc2)oc2ccc(F)cc12. The first-order valence-corrected chi connectivity index (χ1v) is 7.30. The molecule has 1 heterocycles. The Bertz CT molecular complexity index is 819. The summed E-state index contributed by atoms with van der Waals surface area (Å²) in [6, 6.07) is 11.8. The number of furan rings is 1. The maximum absolute atomic E-state index is 13.3. The molecule has 3 rings (SSSR count). The average molecular weight is 347 g/mol. The number of carbonyl (C=O) groups excluding carboxylic acids is 1. The number of hydrogen-bond donors (Lipinski definition) is 0. The second-order valence-corrected chi connectivity index (χ2v) is 5.84. The van der Waals surface area contributed by atoms with Gasteiger partial charge in [-0.05, 0) is 42.8 Å². The fourth-order valence-corrected chi connectivity index (χ4v) is 2.59. The fourth-order valence-electron chi connectivity index (χ4n) is 2.33. The second kappa shape index (κ2) is 5.45. The highest BCUT2D eigenvalue weighted by molar-refractivity contribution is 9.10. The fraction of sp³-hybridized carbons (Fsp3) is 0.118. The highest BCUT2D eigenvalue weighted by Gasteiger charge is 2.18. The highest BCUT2D eigenvalue weighted by atomic mass is 79.9. The number of carbonyl (C=O) groups is 1. The lowest BCUT2D eigenvalue weighted by Crippen LogP contribution is -2.03. The van der Waals surface area contributed by atoms with Crippen LogP contribution < -0.4 is 0 Å². The van der Waals surface area contributed by atoms with Gasteiger partial charge in [-0.15, -0.1) is 0 Å². The van der Waals surface area contributed by atoms with E-state index in [1.54, 1.807) is 13.0 Å². The van der Waals surface area contributed by atoms with Gasteiger partial charge >= 0.3 is 0 Å². The van der Waals surface area contributed by atoms with E-state index in [0.717, 1.165) is 10.0 Å². The van der Waals surface area contributed by atoms with Crippen molar-refractivity contribution in [1.29, 1.82) is 0 Å². The summed E-state index contributed by atoms with van der Waals surface area (Å²) >= 11 is 3.36. The number of hydrogen-bond acceptors (Lipinski definition) is 2. The van der Waals surface area contributed by atoms with Crippen LogP contribution in [0.1, 0.15) is 21.7 Å². The number of Topliss-reactive ketones (excluding diaryl/α,β-unsaturated/α-hetero) is 1. The molecule has 3 aromatic rings.